The average Bonchev–Trinajstić information content (AvgIpc) is 2.95. The normalized spacial score (nSPS) is 17.2. The van der Waals surface area contributed by atoms with Gasteiger partial charge >= 0.3 is 6.09 Å². The molecule has 1 aliphatic heterocycles. The van der Waals surface area contributed by atoms with Gasteiger partial charge in [0, 0.05) is 35.7 Å². The second-order valence-electron chi connectivity index (χ2n) is 9.31. The topological polar surface area (TPSA) is 103 Å². The summed E-state index contributed by atoms with van der Waals surface area (Å²) in [5, 5.41) is 9.52. The lowest BCUT2D eigenvalue weighted by atomic mass is 9.87. The van der Waals surface area contributed by atoms with Crippen LogP contribution in [0.1, 0.15) is 35.4 Å². The molecule has 8 heteroatoms. The van der Waals surface area contributed by atoms with E-state index in [0.29, 0.717) is 51.6 Å². The highest BCUT2D eigenvalue weighted by Crippen LogP contribution is 2.32. The number of likely N-dealkylation sites (tertiary alicyclic amines) is 1. The van der Waals surface area contributed by atoms with Crippen molar-refractivity contribution in [3.63, 3.8) is 0 Å². The molecule has 0 spiro atoms. The van der Waals surface area contributed by atoms with Crippen molar-refractivity contribution in [2.24, 2.45) is 0 Å². The van der Waals surface area contributed by atoms with Gasteiger partial charge in [0.25, 0.3) is 0 Å². The smallest absolute Gasteiger partial charge is 0.407 e. The molecular formula is C30H36N2O6. The number of hydrogen-bond acceptors (Lipinski definition) is 6. The first kappa shape index (κ1) is 27.3. The molecule has 3 N–H and O–H groups in total. The van der Waals surface area contributed by atoms with Gasteiger partial charge in [0.1, 0.15) is 11.5 Å². The molecule has 1 fully saturated rings. The van der Waals surface area contributed by atoms with E-state index in [1.807, 2.05) is 72.8 Å². The molecule has 1 heterocycles. The second kappa shape index (κ2) is 13.7. The Morgan fingerprint density at radius 3 is 2.45 bits per heavy atom. The van der Waals surface area contributed by atoms with Crippen LogP contribution in [0.2, 0.25) is 0 Å². The number of amides is 1. The second-order valence-corrected chi connectivity index (χ2v) is 9.31. The van der Waals surface area contributed by atoms with Crippen molar-refractivity contribution in [2.45, 2.75) is 38.1 Å². The van der Waals surface area contributed by atoms with Gasteiger partial charge in [-0.2, -0.15) is 0 Å². The number of benzene rings is 3. The summed E-state index contributed by atoms with van der Waals surface area (Å²) in [6, 6.07) is 23.4. The van der Waals surface area contributed by atoms with Crippen LogP contribution < -0.4 is 15.2 Å². The Morgan fingerprint density at radius 2 is 1.71 bits per heavy atom. The predicted octanol–water partition coefficient (Wildman–Crippen LogP) is 5.32. The van der Waals surface area contributed by atoms with E-state index in [4.69, 9.17) is 24.7 Å². The Labute approximate surface area is 223 Å². The summed E-state index contributed by atoms with van der Waals surface area (Å²) in [7, 11) is 1.66. The maximum atomic E-state index is 11.6. The van der Waals surface area contributed by atoms with Crippen molar-refractivity contribution in [1.29, 1.82) is 0 Å². The van der Waals surface area contributed by atoms with Crippen LogP contribution in [-0.2, 0) is 22.7 Å². The van der Waals surface area contributed by atoms with Crippen LogP contribution in [0.3, 0.4) is 0 Å². The van der Waals surface area contributed by atoms with Gasteiger partial charge in [-0.05, 0) is 36.2 Å². The van der Waals surface area contributed by atoms with E-state index in [1.165, 1.54) is 4.90 Å². The Hall–Kier alpha value is -3.75. The third kappa shape index (κ3) is 7.40. The molecule has 202 valence electrons. The van der Waals surface area contributed by atoms with Crippen LogP contribution in [0.5, 0.6) is 11.5 Å². The number of nitrogen functional groups attached to an aromatic ring is 1. The minimum absolute atomic E-state index is 0.0768. The predicted molar refractivity (Wildman–Crippen MR) is 146 cm³/mol. The molecule has 1 aliphatic rings. The minimum atomic E-state index is -0.924. The summed E-state index contributed by atoms with van der Waals surface area (Å²) in [6.07, 6.45) is 0.257. The number of methoxy groups -OCH3 is 1. The van der Waals surface area contributed by atoms with Crippen molar-refractivity contribution >= 4 is 11.8 Å². The molecular weight excluding hydrogens is 484 g/mol. The molecule has 8 nitrogen and oxygen atoms in total. The zero-order valence-corrected chi connectivity index (χ0v) is 21.8. The van der Waals surface area contributed by atoms with Crippen LogP contribution in [-0.4, -0.2) is 55.6 Å². The van der Waals surface area contributed by atoms with Gasteiger partial charge in [-0.25, -0.2) is 4.79 Å². The van der Waals surface area contributed by atoms with E-state index >= 15 is 0 Å². The number of hydrogen-bond donors (Lipinski definition) is 2. The molecule has 1 amide bonds. The van der Waals surface area contributed by atoms with E-state index in [0.717, 1.165) is 34.6 Å². The lowest BCUT2D eigenvalue weighted by Crippen LogP contribution is -2.46. The summed E-state index contributed by atoms with van der Waals surface area (Å²) in [6.45, 7) is 2.76. The Balaban J connectivity index is 1.27. The largest absolute Gasteiger partial charge is 0.496 e. The van der Waals surface area contributed by atoms with Crippen LogP contribution >= 0.6 is 0 Å². The molecule has 1 saturated heterocycles. The molecule has 0 bridgehead atoms. The third-order valence-corrected chi connectivity index (χ3v) is 6.80. The molecule has 38 heavy (non-hydrogen) atoms. The number of rotatable bonds is 12. The molecule has 0 saturated carbocycles. The molecule has 2 atom stereocenters. The number of ether oxygens (including phenoxy) is 4. The number of nitrogens with zero attached hydrogens (tertiary/aromatic N) is 1. The fourth-order valence-electron chi connectivity index (χ4n) is 4.67. The van der Waals surface area contributed by atoms with Crippen molar-refractivity contribution in [1.82, 2.24) is 4.90 Å². The van der Waals surface area contributed by atoms with E-state index in [2.05, 4.69) is 0 Å². The average molecular weight is 521 g/mol. The Morgan fingerprint density at radius 1 is 0.974 bits per heavy atom. The summed E-state index contributed by atoms with van der Waals surface area (Å²) in [4.78, 5) is 13.0. The SMILES string of the molecule is COc1ccccc1COCCCOc1ccc(C2CCN(C(=O)O)CC2OCc2ccccc2N)cc1. The van der Waals surface area contributed by atoms with Gasteiger partial charge in [-0.1, -0.05) is 48.5 Å². The standard InChI is InChI=1S/C30H36N2O6/c1-35-28-10-5-3-8-24(28)20-36-17-6-18-37-25-13-11-22(12-14-25)26-15-16-32(30(33)34)19-29(26)38-21-23-7-2-4-9-27(23)31/h2-5,7-14,26,29H,6,15-21,31H2,1H3,(H,33,34). The number of nitrogens with two attached hydrogens (primary N) is 1. The molecule has 0 aliphatic carbocycles. The van der Waals surface area contributed by atoms with Gasteiger partial charge in [-0.3, -0.25) is 0 Å². The van der Waals surface area contributed by atoms with Gasteiger partial charge in [0.05, 0.1) is 46.2 Å². The first-order valence-corrected chi connectivity index (χ1v) is 12.9. The zero-order valence-electron chi connectivity index (χ0n) is 21.8. The van der Waals surface area contributed by atoms with Crippen molar-refractivity contribution < 1.29 is 28.8 Å². The molecule has 0 radical (unpaired) electrons. The first-order chi connectivity index (χ1) is 18.5. The van der Waals surface area contributed by atoms with Crippen LogP contribution in [0, 0.1) is 0 Å². The van der Waals surface area contributed by atoms with Crippen LogP contribution in [0.15, 0.2) is 72.8 Å². The van der Waals surface area contributed by atoms with E-state index < -0.39 is 6.09 Å². The highest BCUT2D eigenvalue weighted by molar-refractivity contribution is 5.65. The highest BCUT2D eigenvalue weighted by atomic mass is 16.5. The van der Waals surface area contributed by atoms with E-state index in [-0.39, 0.29) is 12.0 Å². The number of carboxylic acid groups (broad SMARTS) is 1. The summed E-state index contributed by atoms with van der Waals surface area (Å²) < 4.78 is 23.3. The van der Waals surface area contributed by atoms with Crippen LogP contribution in [0.4, 0.5) is 10.5 Å². The maximum Gasteiger partial charge on any atom is 0.407 e. The highest BCUT2D eigenvalue weighted by Gasteiger charge is 2.33. The lowest BCUT2D eigenvalue weighted by molar-refractivity contribution is -0.0197. The molecule has 4 rings (SSSR count). The number of para-hydroxylation sites is 2. The molecule has 0 aromatic heterocycles. The monoisotopic (exact) mass is 520 g/mol. The quantitative estimate of drug-likeness (QED) is 0.246. The van der Waals surface area contributed by atoms with Gasteiger partial charge in [-0.15, -0.1) is 0 Å². The maximum absolute atomic E-state index is 11.6. The van der Waals surface area contributed by atoms with Crippen molar-refractivity contribution in [3.05, 3.63) is 89.5 Å². The fraction of sp³-hybridized carbons (Fsp3) is 0.367. The molecule has 3 aromatic rings. The van der Waals surface area contributed by atoms with E-state index in [9.17, 15) is 9.90 Å². The summed E-state index contributed by atoms with van der Waals surface area (Å²) in [5.74, 6) is 1.69. The first-order valence-electron chi connectivity index (χ1n) is 12.9. The Kier molecular flexibility index (Phi) is 9.84. The number of piperidine rings is 1. The van der Waals surface area contributed by atoms with Crippen molar-refractivity contribution in [3.8, 4) is 11.5 Å². The van der Waals surface area contributed by atoms with E-state index in [1.54, 1.807) is 7.11 Å². The van der Waals surface area contributed by atoms with Crippen molar-refractivity contribution in [2.75, 3.05) is 39.1 Å². The van der Waals surface area contributed by atoms with Crippen LogP contribution in [0.25, 0.3) is 0 Å². The van der Waals surface area contributed by atoms with Gasteiger partial charge < -0.3 is 34.7 Å². The molecule has 2 unspecified atom stereocenters. The third-order valence-electron chi connectivity index (χ3n) is 6.80. The summed E-state index contributed by atoms with van der Waals surface area (Å²) in [5.41, 5.74) is 9.76. The number of anilines is 1. The lowest BCUT2D eigenvalue weighted by Gasteiger charge is -2.37. The zero-order chi connectivity index (χ0) is 26.7. The summed E-state index contributed by atoms with van der Waals surface area (Å²) >= 11 is 0. The number of carbonyl (C=O) groups is 1. The molecule has 3 aromatic carbocycles. The fourth-order valence-corrected chi connectivity index (χ4v) is 4.67. The van der Waals surface area contributed by atoms with Gasteiger partial charge in [0.2, 0.25) is 0 Å². The minimum Gasteiger partial charge on any atom is -0.496 e. The van der Waals surface area contributed by atoms with Gasteiger partial charge in [0.15, 0.2) is 0 Å². The Bertz CT molecular complexity index is 1170.